The summed E-state index contributed by atoms with van der Waals surface area (Å²) in [5.41, 5.74) is 7.80. The molecule has 4 nitrogen and oxygen atoms in total. The Hall–Kier alpha value is -1.72. The third-order valence-corrected chi connectivity index (χ3v) is 5.61. The molecule has 1 amide bonds. The van der Waals surface area contributed by atoms with E-state index in [0.29, 0.717) is 5.92 Å². The van der Waals surface area contributed by atoms with Crippen LogP contribution in [0.2, 0.25) is 0 Å². The molecule has 1 aliphatic heterocycles. The van der Waals surface area contributed by atoms with Crippen molar-refractivity contribution in [1.82, 2.24) is 9.88 Å². The zero-order chi connectivity index (χ0) is 16.2. The fraction of sp³-hybridized carbons (Fsp3) is 0.444. The van der Waals surface area contributed by atoms with E-state index < -0.39 is 0 Å². The van der Waals surface area contributed by atoms with Gasteiger partial charge in [0.15, 0.2) is 0 Å². The predicted molar refractivity (Wildman–Crippen MR) is 93.8 cm³/mol. The van der Waals surface area contributed by atoms with Crippen molar-refractivity contribution in [2.75, 3.05) is 19.6 Å². The van der Waals surface area contributed by atoms with Crippen LogP contribution >= 0.6 is 11.3 Å². The number of carbonyl (C=O) groups excluding carboxylic acids is 1. The second-order valence-electron chi connectivity index (χ2n) is 6.16. The first-order chi connectivity index (χ1) is 11.2. The summed E-state index contributed by atoms with van der Waals surface area (Å²) in [4.78, 5) is 20.1. The van der Waals surface area contributed by atoms with Gasteiger partial charge in [0.25, 0.3) is 5.91 Å². The molecule has 1 aromatic carbocycles. The van der Waals surface area contributed by atoms with E-state index in [1.54, 1.807) is 0 Å². The first kappa shape index (κ1) is 16.1. The summed E-state index contributed by atoms with van der Waals surface area (Å²) in [6.45, 7) is 4.28. The number of carbonyl (C=O) groups is 1. The molecule has 23 heavy (non-hydrogen) atoms. The van der Waals surface area contributed by atoms with Gasteiger partial charge in [-0.15, -0.1) is 11.3 Å². The van der Waals surface area contributed by atoms with E-state index >= 15 is 0 Å². The van der Waals surface area contributed by atoms with Gasteiger partial charge >= 0.3 is 0 Å². The Morgan fingerprint density at radius 3 is 2.65 bits per heavy atom. The Morgan fingerprint density at radius 1 is 1.30 bits per heavy atom. The van der Waals surface area contributed by atoms with Crippen LogP contribution in [-0.2, 0) is 6.42 Å². The number of nitrogens with two attached hydrogens (primary N) is 1. The molecule has 0 aliphatic carbocycles. The van der Waals surface area contributed by atoms with Crippen molar-refractivity contribution in [2.24, 2.45) is 11.7 Å². The monoisotopic (exact) mass is 329 g/mol. The minimum Gasteiger partial charge on any atom is -0.338 e. The van der Waals surface area contributed by atoms with E-state index in [1.807, 2.05) is 30.0 Å². The number of nitrogens with zero attached hydrogens (tertiary/aromatic N) is 2. The first-order valence-electron chi connectivity index (χ1n) is 8.17. The number of aromatic nitrogens is 1. The lowest BCUT2D eigenvalue weighted by atomic mass is 9.97. The molecule has 0 saturated carbocycles. The number of aryl methyl sites for hydroxylation is 1. The predicted octanol–water partition coefficient (Wildman–Crippen LogP) is 2.85. The molecule has 0 bridgehead atoms. The maximum absolute atomic E-state index is 12.7. The average Bonchev–Trinajstić information content (AvgIpc) is 2.95. The number of rotatable bonds is 4. The lowest BCUT2D eigenvalue weighted by Gasteiger charge is -2.31. The second kappa shape index (κ2) is 7.23. The zero-order valence-corrected chi connectivity index (χ0v) is 14.3. The van der Waals surface area contributed by atoms with Crippen molar-refractivity contribution in [3.05, 3.63) is 51.5 Å². The van der Waals surface area contributed by atoms with Crippen molar-refractivity contribution in [3.63, 3.8) is 0 Å². The first-order valence-corrected chi connectivity index (χ1v) is 8.98. The van der Waals surface area contributed by atoms with E-state index in [-0.39, 0.29) is 5.91 Å². The molecule has 1 saturated heterocycles. The molecule has 5 heteroatoms. The topological polar surface area (TPSA) is 59.2 Å². The van der Waals surface area contributed by atoms with E-state index in [4.69, 9.17) is 5.73 Å². The number of hydrogen-bond donors (Lipinski definition) is 1. The molecular formula is C18H23N3OS. The van der Waals surface area contributed by atoms with Gasteiger partial charge in [-0.05, 0) is 37.8 Å². The number of piperidine rings is 1. The number of likely N-dealkylation sites (tertiary alicyclic amines) is 1. The molecule has 3 rings (SSSR count). The number of hydrogen-bond acceptors (Lipinski definition) is 4. The third-order valence-electron chi connectivity index (χ3n) is 4.47. The van der Waals surface area contributed by atoms with E-state index in [9.17, 15) is 4.79 Å². The summed E-state index contributed by atoms with van der Waals surface area (Å²) in [7, 11) is 0. The van der Waals surface area contributed by atoms with Crippen molar-refractivity contribution < 1.29 is 4.79 Å². The summed E-state index contributed by atoms with van der Waals surface area (Å²) in [5.74, 6) is 0.699. The Morgan fingerprint density at radius 2 is 2.00 bits per heavy atom. The van der Waals surface area contributed by atoms with Crippen LogP contribution in [0, 0.1) is 12.8 Å². The van der Waals surface area contributed by atoms with Crippen molar-refractivity contribution in [2.45, 2.75) is 26.2 Å². The van der Waals surface area contributed by atoms with Crippen LogP contribution in [0.5, 0.6) is 0 Å². The number of benzene rings is 1. The Labute approximate surface area is 141 Å². The van der Waals surface area contributed by atoms with Crippen LogP contribution < -0.4 is 5.73 Å². The van der Waals surface area contributed by atoms with E-state index in [0.717, 1.165) is 54.5 Å². The van der Waals surface area contributed by atoms with Crippen molar-refractivity contribution >= 4 is 17.2 Å². The van der Waals surface area contributed by atoms with Gasteiger partial charge in [-0.1, -0.05) is 30.3 Å². The Balaban J connectivity index is 1.69. The van der Waals surface area contributed by atoms with Crippen molar-refractivity contribution in [3.8, 4) is 0 Å². The number of thiazole rings is 1. The van der Waals surface area contributed by atoms with Crippen molar-refractivity contribution in [1.29, 1.82) is 0 Å². The molecule has 0 radical (unpaired) electrons. The minimum absolute atomic E-state index is 0.134. The van der Waals surface area contributed by atoms with Gasteiger partial charge in [-0.3, -0.25) is 4.79 Å². The van der Waals surface area contributed by atoms with Crippen LogP contribution in [0.25, 0.3) is 0 Å². The van der Waals surface area contributed by atoms with Gasteiger partial charge in [-0.2, -0.15) is 0 Å². The zero-order valence-electron chi connectivity index (χ0n) is 13.5. The van der Waals surface area contributed by atoms with Gasteiger partial charge in [0.1, 0.15) is 4.88 Å². The molecule has 0 unspecified atom stereocenters. The van der Waals surface area contributed by atoms with Gasteiger partial charge in [-0.25, -0.2) is 4.98 Å². The second-order valence-corrected chi connectivity index (χ2v) is 7.24. The largest absolute Gasteiger partial charge is 0.338 e. The van der Waals surface area contributed by atoms with Crippen LogP contribution in [0.15, 0.2) is 30.3 Å². The fourth-order valence-electron chi connectivity index (χ4n) is 3.01. The highest BCUT2D eigenvalue weighted by atomic mass is 32.1. The van der Waals surface area contributed by atoms with Crippen LogP contribution in [0.1, 0.15) is 38.8 Å². The molecule has 1 fully saturated rings. The SMILES string of the molecule is Cc1nc(Cc2ccccc2)sc1C(=O)N1CCC(CN)CC1. The molecule has 2 aromatic rings. The highest BCUT2D eigenvalue weighted by Crippen LogP contribution is 2.25. The molecule has 1 aliphatic rings. The Bertz CT molecular complexity index is 660. The molecule has 122 valence electrons. The molecule has 2 heterocycles. The van der Waals surface area contributed by atoms with Gasteiger partial charge in [0.05, 0.1) is 10.7 Å². The summed E-state index contributed by atoms with van der Waals surface area (Å²) < 4.78 is 0. The molecule has 2 N–H and O–H groups in total. The summed E-state index contributed by atoms with van der Waals surface area (Å²) in [5, 5.41) is 1.01. The standard InChI is InChI=1S/C18H23N3OS/c1-13-17(18(22)21-9-7-15(12-19)8-10-21)23-16(20-13)11-14-5-3-2-4-6-14/h2-6,15H,7-12,19H2,1H3. The highest BCUT2D eigenvalue weighted by Gasteiger charge is 2.25. The number of amides is 1. The highest BCUT2D eigenvalue weighted by molar-refractivity contribution is 7.13. The van der Waals surface area contributed by atoms with Gasteiger partial charge in [0, 0.05) is 19.5 Å². The average molecular weight is 329 g/mol. The normalized spacial score (nSPS) is 15.8. The quantitative estimate of drug-likeness (QED) is 0.938. The summed E-state index contributed by atoms with van der Waals surface area (Å²) in [6.07, 6.45) is 2.81. The summed E-state index contributed by atoms with van der Waals surface area (Å²) >= 11 is 1.54. The van der Waals surface area contributed by atoms with Gasteiger partial charge < -0.3 is 10.6 Å². The van der Waals surface area contributed by atoms with E-state index in [2.05, 4.69) is 17.1 Å². The lowest BCUT2D eigenvalue weighted by Crippen LogP contribution is -2.40. The maximum atomic E-state index is 12.7. The Kier molecular flexibility index (Phi) is 5.08. The maximum Gasteiger partial charge on any atom is 0.265 e. The van der Waals surface area contributed by atoms with Crippen LogP contribution in [-0.4, -0.2) is 35.4 Å². The smallest absolute Gasteiger partial charge is 0.265 e. The molecule has 0 spiro atoms. The lowest BCUT2D eigenvalue weighted by molar-refractivity contribution is 0.0697. The summed E-state index contributed by atoms with van der Waals surface area (Å²) in [6, 6.07) is 10.3. The van der Waals surface area contributed by atoms with Crippen LogP contribution in [0.4, 0.5) is 0 Å². The molecule has 0 atom stereocenters. The van der Waals surface area contributed by atoms with Gasteiger partial charge in [0.2, 0.25) is 0 Å². The van der Waals surface area contributed by atoms with E-state index in [1.165, 1.54) is 16.9 Å². The fourth-order valence-corrected chi connectivity index (χ4v) is 4.08. The van der Waals surface area contributed by atoms with Crippen LogP contribution in [0.3, 0.4) is 0 Å². The third kappa shape index (κ3) is 3.79. The minimum atomic E-state index is 0.134. The molecule has 1 aromatic heterocycles. The molecular weight excluding hydrogens is 306 g/mol.